The molecule has 1 aliphatic rings. The van der Waals surface area contributed by atoms with Crippen LogP contribution >= 0.6 is 0 Å². The van der Waals surface area contributed by atoms with E-state index in [0.29, 0.717) is 12.0 Å². The van der Waals surface area contributed by atoms with Crippen LogP contribution in [0.15, 0.2) is 6.20 Å². The molecule has 6 heteroatoms. The highest BCUT2D eigenvalue weighted by Crippen LogP contribution is 2.14. The highest BCUT2D eigenvalue weighted by atomic mass is 15.3. The Hall–Kier alpha value is -1.43. The molecule has 1 aromatic rings. The zero-order valence-electron chi connectivity index (χ0n) is 12.1. The molecule has 1 atom stereocenters. The van der Waals surface area contributed by atoms with E-state index in [1.807, 2.05) is 0 Å². The second-order valence-corrected chi connectivity index (χ2v) is 5.01. The number of aromatic nitrogens is 3. The van der Waals surface area contributed by atoms with Gasteiger partial charge in [-0.25, -0.2) is 0 Å². The standard InChI is InChI=1S/C13H24N6/c1-4-11(3)15-13-16-12(10-14-17-13)19-8-6-18(5-2)7-9-19/h10-11H,4-9H2,1-3H3,(H,15,16,17). The maximum Gasteiger partial charge on any atom is 0.244 e. The molecule has 1 saturated heterocycles. The van der Waals surface area contributed by atoms with E-state index >= 15 is 0 Å². The van der Waals surface area contributed by atoms with Crippen molar-refractivity contribution in [3.8, 4) is 0 Å². The molecule has 0 amide bonds. The minimum Gasteiger partial charge on any atom is -0.353 e. The van der Waals surface area contributed by atoms with Gasteiger partial charge < -0.3 is 15.1 Å². The Kier molecular flexibility index (Phi) is 4.90. The first-order valence-electron chi connectivity index (χ1n) is 7.16. The second kappa shape index (κ2) is 6.65. The molecule has 0 saturated carbocycles. The second-order valence-electron chi connectivity index (χ2n) is 5.01. The van der Waals surface area contributed by atoms with E-state index in [1.165, 1.54) is 0 Å². The van der Waals surface area contributed by atoms with E-state index in [1.54, 1.807) is 6.20 Å². The van der Waals surface area contributed by atoms with Crippen LogP contribution in [0.3, 0.4) is 0 Å². The number of hydrogen-bond acceptors (Lipinski definition) is 6. The summed E-state index contributed by atoms with van der Waals surface area (Å²) in [6, 6.07) is 0.369. The van der Waals surface area contributed by atoms with Crippen LogP contribution in [0.25, 0.3) is 0 Å². The summed E-state index contributed by atoms with van der Waals surface area (Å²) in [5.74, 6) is 1.56. The Labute approximate surface area is 115 Å². The summed E-state index contributed by atoms with van der Waals surface area (Å²) in [5.41, 5.74) is 0. The van der Waals surface area contributed by atoms with Crippen LogP contribution in [-0.2, 0) is 0 Å². The van der Waals surface area contributed by atoms with Gasteiger partial charge in [0.25, 0.3) is 0 Å². The van der Waals surface area contributed by atoms with Crippen LogP contribution in [0.5, 0.6) is 0 Å². The summed E-state index contributed by atoms with van der Waals surface area (Å²) in [4.78, 5) is 9.29. The van der Waals surface area contributed by atoms with Gasteiger partial charge in [-0.2, -0.15) is 10.1 Å². The zero-order chi connectivity index (χ0) is 13.7. The monoisotopic (exact) mass is 264 g/mol. The molecule has 1 aliphatic heterocycles. The number of anilines is 2. The summed E-state index contributed by atoms with van der Waals surface area (Å²) >= 11 is 0. The molecule has 1 unspecified atom stereocenters. The first kappa shape index (κ1) is 14.0. The largest absolute Gasteiger partial charge is 0.353 e. The summed E-state index contributed by atoms with van der Waals surface area (Å²) in [6.45, 7) is 11.8. The van der Waals surface area contributed by atoms with Crippen molar-refractivity contribution in [3.05, 3.63) is 6.20 Å². The minimum absolute atomic E-state index is 0.369. The van der Waals surface area contributed by atoms with Crippen LogP contribution in [0.1, 0.15) is 27.2 Å². The Morgan fingerprint density at radius 3 is 2.63 bits per heavy atom. The van der Waals surface area contributed by atoms with Gasteiger partial charge in [-0.05, 0) is 19.9 Å². The fourth-order valence-electron chi connectivity index (χ4n) is 2.12. The van der Waals surface area contributed by atoms with Gasteiger partial charge in [0.15, 0.2) is 5.82 Å². The smallest absolute Gasteiger partial charge is 0.244 e. The van der Waals surface area contributed by atoms with Gasteiger partial charge in [0.05, 0.1) is 6.20 Å². The highest BCUT2D eigenvalue weighted by Gasteiger charge is 2.17. The Morgan fingerprint density at radius 1 is 1.26 bits per heavy atom. The molecule has 1 aromatic heterocycles. The molecular formula is C13H24N6. The maximum atomic E-state index is 4.56. The van der Waals surface area contributed by atoms with Crippen molar-refractivity contribution < 1.29 is 0 Å². The summed E-state index contributed by atoms with van der Waals surface area (Å²) < 4.78 is 0. The molecule has 19 heavy (non-hydrogen) atoms. The van der Waals surface area contributed by atoms with Crippen LogP contribution in [0.4, 0.5) is 11.8 Å². The maximum absolute atomic E-state index is 4.56. The van der Waals surface area contributed by atoms with Crippen LogP contribution in [0.2, 0.25) is 0 Å². The van der Waals surface area contributed by atoms with Crippen molar-refractivity contribution in [1.29, 1.82) is 0 Å². The number of piperazine rings is 1. The van der Waals surface area contributed by atoms with Crippen molar-refractivity contribution in [3.63, 3.8) is 0 Å². The first-order valence-corrected chi connectivity index (χ1v) is 7.16. The molecular weight excluding hydrogens is 240 g/mol. The lowest BCUT2D eigenvalue weighted by Gasteiger charge is -2.34. The molecule has 1 fully saturated rings. The van der Waals surface area contributed by atoms with E-state index in [4.69, 9.17) is 0 Å². The minimum atomic E-state index is 0.369. The van der Waals surface area contributed by atoms with Crippen LogP contribution < -0.4 is 10.2 Å². The Bertz CT molecular complexity index is 388. The molecule has 1 N–H and O–H groups in total. The molecule has 2 rings (SSSR count). The van der Waals surface area contributed by atoms with E-state index in [9.17, 15) is 0 Å². The van der Waals surface area contributed by atoms with E-state index in [2.05, 4.69) is 51.1 Å². The first-order chi connectivity index (χ1) is 9.22. The highest BCUT2D eigenvalue weighted by molar-refractivity contribution is 5.41. The Morgan fingerprint density at radius 2 is 2.00 bits per heavy atom. The molecule has 0 aromatic carbocycles. The zero-order valence-corrected chi connectivity index (χ0v) is 12.1. The van der Waals surface area contributed by atoms with Gasteiger partial charge in [0.1, 0.15) is 0 Å². The summed E-state index contributed by atoms with van der Waals surface area (Å²) in [5, 5.41) is 11.4. The quantitative estimate of drug-likeness (QED) is 0.863. The number of nitrogens with zero attached hydrogens (tertiary/aromatic N) is 5. The van der Waals surface area contributed by atoms with E-state index < -0.39 is 0 Å². The van der Waals surface area contributed by atoms with Gasteiger partial charge in [0, 0.05) is 32.2 Å². The van der Waals surface area contributed by atoms with Crippen LogP contribution in [0, 0.1) is 0 Å². The fraction of sp³-hybridized carbons (Fsp3) is 0.769. The number of nitrogens with one attached hydrogen (secondary N) is 1. The molecule has 0 spiro atoms. The predicted molar refractivity (Wildman–Crippen MR) is 77.5 cm³/mol. The molecule has 6 nitrogen and oxygen atoms in total. The topological polar surface area (TPSA) is 57.2 Å². The molecule has 106 valence electrons. The molecule has 0 bridgehead atoms. The average molecular weight is 264 g/mol. The molecule has 2 heterocycles. The number of hydrogen-bond donors (Lipinski definition) is 1. The number of rotatable bonds is 5. The van der Waals surface area contributed by atoms with E-state index in [0.717, 1.165) is 45.0 Å². The van der Waals surface area contributed by atoms with Gasteiger partial charge in [-0.3, -0.25) is 0 Å². The normalized spacial score (nSPS) is 18.4. The predicted octanol–water partition coefficient (Wildman–Crippen LogP) is 1.22. The third-order valence-corrected chi connectivity index (χ3v) is 3.68. The van der Waals surface area contributed by atoms with Crippen molar-refractivity contribution in [2.75, 3.05) is 42.9 Å². The molecule has 0 radical (unpaired) electrons. The lowest BCUT2D eigenvalue weighted by atomic mass is 10.3. The summed E-state index contributed by atoms with van der Waals surface area (Å²) in [6.07, 6.45) is 2.80. The van der Waals surface area contributed by atoms with Crippen molar-refractivity contribution >= 4 is 11.8 Å². The van der Waals surface area contributed by atoms with Gasteiger partial charge in [-0.1, -0.05) is 13.8 Å². The lowest BCUT2D eigenvalue weighted by Crippen LogP contribution is -2.46. The van der Waals surface area contributed by atoms with Crippen molar-refractivity contribution in [2.24, 2.45) is 0 Å². The molecule has 0 aliphatic carbocycles. The average Bonchev–Trinajstić information content (AvgIpc) is 2.47. The van der Waals surface area contributed by atoms with Gasteiger partial charge >= 0.3 is 0 Å². The number of likely N-dealkylation sites (N-methyl/N-ethyl adjacent to an activating group) is 1. The summed E-state index contributed by atoms with van der Waals surface area (Å²) in [7, 11) is 0. The van der Waals surface area contributed by atoms with E-state index in [-0.39, 0.29) is 0 Å². The van der Waals surface area contributed by atoms with Gasteiger partial charge in [-0.15, -0.1) is 5.10 Å². The van der Waals surface area contributed by atoms with Gasteiger partial charge in [0.2, 0.25) is 5.95 Å². The lowest BCUT2D eigenvalue weighted by molar-refractivity contribution is 0.270. The Balaban J connectivity index is 1.99. The SMILES string of the molecule is CCC(C)Nc1nncc(N2CCN(CC)CC2)n1. The van der Waals surface area contributed by atoms with Crippen LogP contribution in [-0.4, -0.2) is 58.8 Å². The van der Waals surface area contributed by atoms with Crippen molar-refractivity contribution in [1.82, 2.24) is 20.1 Å². The third kappa shape index (κ3) is 3.76. The third-order valence-electron chi connectivity index (χ3n) is 3.68. The fourth-order valence-corrected chi connectivity index (χ4v) is 2.12. The van der Waals surface area contributed by atoms with Crippen molar-refractivity contribution in [2.45, 2.75) is 33.2 Å².